The zero-order chi connectivity index (χ0) is 19.5. The van der Waals surface area contributed by atoms with Crippen LogP contribution in [-0.2, 0) is 6.42 Å². The van der Waals surface area contributed by atoms with Crippen molar-refractivity contribution in [1.82, 2.24) is 15.3 Å². The molecule has 2 aromatic heterocycles. The highest BCUT2D eigenvalue weighted by Crippen LogP contribution is 2.34. The number of rotatable bonds is 5. The molecule has 1 aromatic carbocycles. The number of benzene rings is 1. The number of H-pyrrole nitrogens is 1. The SMILES string of the molecule is CNC(=O)c1cnc2[nH]ccc2c1N[C@@H]1CCC(Cc2ccccc2)CC1F. The molecule has 0 radical (unpaired) electrons. The molecule has 2 unspecified atom stereocenters. The van der Waals surface area contributed by atoms with Crippen molar-refractivity contribution in [1.29, 1.82) is 0 Å². The number of hydrogen-bond donors (Lipinski definition) is 3. The van der Waals surface area contributed by atoms with Crippen LogP contribution >= 0.6 is 0 Å². The van der Waals surface area contributed by atoms with Crippen LogP contribution in [0.25, 0.3) is 11.0 Å². The van der Waals surface area contributed by atoms with Gasteiger partial charge in [0.15, 0.2) is 0 Å². The minimum Gasteiger partial charge on any atom is -0.378 e. The number of halogens is 1. The van der Waals surface area contributed by atoms with Gasteiger partial charge in [0.2, 0.25) is 0 Å². The number of nitrogens with zero attached hydrogens (tertiary/aromatic N) is 1. The zero-order valence-electron chi connectivity index (χ0n) is 15.9. The number of alkyl halides is 1. The first-order valence-corrected chi connectivity index (χ1v) is 9.78. The van der Waals surface area contributed by atoms with Crippen LogP contribution in [0.4, 0.5) is 10.1 Å². The lowest BCUT2D eigenvalue weighted by Gasteiger charge is -2.33. The highest BCUT2D eigenvalue weighted by molar-refractivity contribution is 6.06. The maximum absolute atomic E-state index is 15.0. The Balaban J connectivity index is 1.51. The van der Waals surface area contributed by atoms with Crippen LogP contribution in [0, 0.1) is 5.92 Å². The van der Waals surface area contributed by atoms with Gasteiger partial charge < -0.3 is 15.6 Å². The molecule has 1 aliphatic carbocycles. The number of hydrogen-bond acceptors (Lipinski definition) is 3. The van der Waals surface area contributed by atoms with Crippen molar-refractivity contribution in [2.45, 2.75) is 37.9 Å². The first-order valence-electron chi connectivity index (χ1n) is 9.78. The third-order valence-electron chi connectivity index (χ3n) is 5.64. The largest absolute Gasteiger partial charge is 0.378 e. The summed E-state index contributed by atoms with van der Waals surface area (Å²) in [4.78, 5) is 19.6. The molecule has 6 heteroatoms. The average molecular weight is 380 g/mol. The lowest BCUT2D eigenvalue weighted by molar-refractivity contribution is 0.0963. The van der Waals surface area contributed by atoms with Crippen LogP contribution in [0.2, 0.25) is 0 Å². The predicted molar refractivity (Wildman–Crippen MR) is 109 cm³/mol. The second kappa shape index (κ2) is 8.00. The average Bonchev–Trinajstić information content (AvgIpc) is 3.19. The van der Waals surface area contributed by atoms with Crippen LogP contribution in [0.3, 0.4) is 0 Å². The predicted octanol–water partition coefficient (Wildman–Crippen LogP) is 4.08. The van der Waals surface area contributed by atoms with E-state index >= 15 is 4.39 Å². The van der Waals surface area contributed by atoms with E-state index in [1.165, 1.54) is 11.8 Å². The first-order chi connectivity index (χ1) is 13.7. The van der Waals surface area contributed by atoms with Gasteiger partial charge in [0.25, 0.3) is 5.91 Å². The number of carbonyl (C=O) groups excluding carboxylic acids is 1. The monoisotopic (exact) mass is 380 g/mol. The fourth-order valence-corrected chi connectivity index (χ4v) is 4.15. The molecule has 5 nitrogen and oxygen atoms in total. The summed E-state index contributed by atoms with van der Waals surface area (Å²) in [6.07, 6.45) is 5.50. The number of aromatic nitrogens is 2. The molecule has 0 bridgehead atoms. The van der Waals surface area contributed by atoms with E-state index in [0.29, 0.717) is 29.2 Å². The molecule has 1 aliphatic rings. The van der Waals surface area contributed by atoms with Crippen molar-refractivity contribution in [3.63, 3.8) is 0 Å². The molecule has 4 rings (SSSR count). The van der Waals surface area contributed by atoms with E-state index in [1.54, 1.807) is 13.2 Å². The molecule has 1 fully saturated rings. The molecular weight excluding hydrogens is 355 g/mol. The lowest BCUT2D eigenvalue weighted by Crippen LogP contribution is -2.38. The highest BCUT2D eigenvalue weighted by Gasteiger charge is 2.31. The van der Waals surface area contributed by atoms with Gasteiger partial charge >= 0.3 is 0 Å². The topological polar surface area (TPSA) is 69.8 Å². The highest BCUT2D eigenvalue weighted by atomic mass is 19.1. The third-order valence-corrected chi connectivity index (χ3v) is 5.64. The van der Waals surface area contributed by atoms with E-state index in [9.17, 15) is 4.79 Å². The van der Waals surface area contributed by atoms with E-state index < -0.39 is 6.17 Å². The molecule has 3 atom stereocenters. The van der Waals surface area contributed by atoms with Crippen LogP contribution in [-0.4, -0.2) is 35.1 Å². The van der Waals surface area contributed by atoms with E-state index in [0.717, 1.165) is 24.6 Å². The quantitative estimate of drug-likeness (QED) is 0.625. The van der Waals surface area contributed by atoms with Gasteiger partial charge in [-0.1, -0.05) is 30.3 Å². The minimum atomic E-state index is -0.956. The van der Waals surface area contributed by atoms with Crippen molar-refractivity contribution in [3.05, 3.63) is 59.9 Å². The summed E-state index contributed by atoms with van der Waals surface area (Å²) in [7, 11) is 1.58. The smallest absolute Gasteiger partial charge is 0.254 e. The maximum Gasteiger partial charge on any atom is 0.254 e. The summed E-state index contributed by atoms with van der Waals surface area (Å²) >= 11 is 0. The minimum absolute atomic E-state index is 0.230. The Bertz CT molecular complexity index is 956. The maximum atomic E-state index is 15.0. The standard InChI is InChI=1S/C22H25FN4O/c1-24-22(28)17-13-26-21-16(9-10-25-21)20(17)27-19-8-7-15(12-18(19)23)11-14-5-3-2-4-6-14/h2-6,9-10,13,15,18-19H,7-8,11-12H2,1H3,(H,24,28)(H2,25,26,27)/t15?,18?,19-/m1/s1. The fraction of sp³-hybridized carbons (Fsp3) is 0.364. The Hall–Kier alpha value is -2.89. The lowest BCUT2D eigenvalue weighted by atomic mass is 9.81. The number of anilines is 1. The first kappa shape index (κ1) is 18.5. The van der Waals surface area contributed by atoms with Gasteiger partial charge in [-0.25, -0.2) is 9.37 Å². The molecule has 1 amide bonds. The molecule has 1 saturated carbocycles. The number of aromatic amines is 1. The Morgan fingerprint density at radius 2 is 2.07 bits per heavy atom. The van der Waals surface area contributed by atoms with E-state index in [2.05, 4.69) is 32.7 Å². The van der Waals surface area contributed by atoms with Crippen molar-refractivity contribution in [2.75, 3.05) is 12.4 Å². The molecule has 28 heavy (non-hydrogen) atoms. The third kappa shape index (κ3) is 3.72. The number of fused-ring (bicyclic) bond motifs is 1. The van der Waals surface area contributed by atoms with Crippen LogP contribution in [0.1, 0.15) is 35.2 Å². The van der Waals surface area contributed by atoms with Gasteiger partial charge in [-0.2, -0.15) is 0 Å². The molecular formula is C22H25FN4O. The van der Waals surface area contributed by atoms with Crippen molar-refractivity contribution < 1.29 is 9.18 Å². The van der Waals surface area contributed by atoms with Gasteiger partial charge in [0.05, 0.1) is 17.3 Å². The number of pyridine rings is 1. The summed E-state index contributed by atoms with van der Waals surface area (Å²) in [6.45, 7) is 0. The number of nitrogens with one attached hydrogen (secondary N) is 3. The van der Waals surface area contributed by atoms with Crippen molar-refractivity contribution >= 4 is 22.6 Å². The molecule has 0 spiro atoms. The molecule has 3 aromatic rings. The molecule has 3 N–H and O–H groups in total. The zero-order valence-corrected chi connectivity index (χ0v) is 15.9. The second-order valence-electron chi connectivity index (χ2n) is 7.50. The summed E-state index contributed by atoms with van der Waals surface area (Å²) < 4.78 is 15.0. The summed E-state index contributed by atoms with van der Waals surface area (Å²) in [5.74, 6) is 0.116. The molecule has 146 valence electrons. The molecule has 0 aliphatic heterocycles. The normalized spacial score (nSPS) is 22.1. The Kier molecular flexibility index (Phi) is 5.28. The summed E-state index contributed by atoms with van der Waals surface area (Å²) in [5.41, 5.74) is 3.03. The summed E-state index contributed by atoms with van der Waals surface area (Å²) in [6, 6.07) is 11.8. The van der Waals surface area contributed by atoms with Crippen molar-refractivity contribution in [2.24, 2.45) is 5.92 Å². The van der Waals surface area contributed by atoms with Crippen LogP contribution in [0.15, 0.2) is 48.8 Å². The second-order valence-corrected chi connectivity index (χ2v) is 7.50. The van der Waals surface area contributed by atoms with Crippen LogP contribution in [0.5, 0.6) is 0 Å². The van der Waals surface area contributed by atoms with Gasteiger partial charge in [-0.05, 0) is 43.2 Å². The number of amides is 1. The molecule has 2 heterocycles. The van der Waals surface area contributed by atoms with Gasteiger partial charge in [0.1, 0.15) is 11.8 Å². The van der Waals surface area contributed by atoms with Gasteiger partial charge in [0, 0.05) is 24.8 Å². The Labute approximate surface area is 163 Å². The van der Waals surface area contributed by atoms with E-state index in [4.69, 9.17) is 0 Å². The van der Waals surface area contributed by atoms with Crippen LogP contribution < -0.4 is 10.6 Å². The molecule has 0 saturated heterocycles. The summed E-state index contributed by atoms with van der Waals surface area (Å²) in [5, 5.41) is 6.78. The van der Waals surface area contributed by atoms with Gasteiger partial charge in [-0.15, -0.1) is 0 Å². The fourth-order valence-electron chi connectivity index (χ4n) is 4.15. The number of carbonyl (C=O) groups is 1. The Morgan fingerprint density at radius 1 is 1.25 bits per heavy atom. The van der Waals surface area contributed by atoms with E-state index in [-0.39, 0.29) is 11.9 Å². The van der Waals surface area contributed by atoms with Crippen molar-refractivity contribution in [3.8, 4) is 0 Å². The van der Waals surface area contributed by atoms with E-state index in [1.807, 2.05) is 24.3 Å². The Morgan fingerprint density at radius 3 is 2.82 bits per heavy atom. The van der Waals surface area contributed by atoms with Gasteiger partial charge in [-0.3, -0.25) is 4.79 Å².